The van der Waals surface area contributed by atoms with E-state index >= 15 is 0 Å². The third kappa shape index (κ3) is 1.02. The maximum absolute atomic E-state index is 10.6. The molecule has 1 spiro atoms. The van der Waals surface area contributed by atoms with E-state index in [0.717, 1.165) is 6.42 Å². The summed E-state index contributed by atoms with van der Waals surface area (Å²) in [5.41, 5.74) is 1.03. The second kappa shape index (κ2) is 2.68. The zero-order chi connectivity index (χ0) is 11.8. The lowest BCUT2D eigenvalue weighted by Gasteiger charge is -2.57. The summed E-state index contributed by atoms with van der Waals surface area (Å²) >= 11 is 0. The minimum Gasteiger partial charge on any atom is -0.390 e. The first-order valence-corrected chi connectivity index (χ1v) is 6.98. The van der Waals surface area contributed by atoms with Gasteiger partial charge in [0.2, 0.25) is 0 Å². The Morgan fingerprint density at radius 1 is 0.938 bits per heavy atom. The summed E-state index contributed by atoms with van der Waals surface area (Å²) in [4.78, 5) is 0. The number of hydrogen-bond donors (Lipinski definition) is 1. The number of rotatable bonds is 0. The molecule has 0 bridgehead atoms. The average molecular weight is 222 g/mol. The summed E-state index contributed by atoms with van der Waals surface area (Å²) in [6.45, 7) is 9.48. The van der Waals surface area contributed by atoms with Crippen molar-refractivity contribution in [2.45, 2.75) is 71.8 Å². The SMILES string of the molecule is CC1(C)CCCC2(C)CC[C@@](C)(O)C3CC312. The molecule has 0 aromatic heterocycles. The molecule has 3 rings (SSSR count). The molecule has 1 nitrogen and oxygen atoms in total. The molecule has 0 heterocycles. The Labute approximate surface area is 99.6 Å². The topological polar surface area (TPSA) is 20.2 Å². The Morgan fingerprint density at radius 3 is 2.31 bits per heavy atom. The lowest BCUT2D eigenvalue weighted by Crippen LogP contribution is -2.52. The first-order valence-electron chi connectivity index (χ1n) is 6.98. The van der Waals surface area contributed by atoms with Gasteiger partial charge < -0.3 is 5.11 Å². The average Bonchev–Trinajstić information content (AvgIpc) is 2.89. The highest BCUT2D eigenvalue weighted by Crippen LogP contribution is 2.81. The Morgan fingerprint density at radius 2 is 1.62 bits per heavy atom. The van der Waals surface area contributed by atoms with Crippen molar-refractivity contribution in [1.82, 2.24) is 0 Å². The van der Waals surface area contributed by atoms with Crippen LogP contribution in [0.2, 0.25) is 0 Å². The van der Waals surface area contributed by atoms with E-state index in [9.17, 15) is 5.11 Å². The maximum atomic E-state index is 10.6. The molecule has 0 radical (unpaired) electrons. The largest absolute Gasteiger partial charge is 0.390 e. The Kier molecular flexibility index (Phi) is 1.86. The molecule has 1 N–H and O–H groups in total. The van der Waals surface area contributed by atoms with Gasteiger partial charge in [-0.25, -0.2) is 0 Å². The van der Waals surface area contributed by atoms with Crippen LogP contribution < -0.4 is 0 Å². The highest BCUT2D eigenvalue weighted by molar-refractivity contribution is 5.25. The highest BCUT2D eigenvalue weighted by Gasteiger charge is 2.77. The van der Waals surface area contributed by atoms with Crippen molar-refractivity contribution >= 4 is 0 Å². The van der Waals surface area contributed by atoms with Crippen LogP contribution in [0.3, 0.4) is 0 Å². The summed E-state index contributed by atoms with van der Waals surface area (Å²) in [6, 6.07) is 0. The predicted molar refractivity (Wildman–Crippen MR) is 66.1 cm³/mol. The standard InChI is InChI=1S/C15H26O/c1-12(2)6-5-7-13(3)8-9-14(4,16)11-10-15(11,12)13/h11,16H,5-10H2,1-4H3/t11?,13?,14-,15?/m1/s1. The molecule has 0 aliphatic heterocycles. The molecule has 0 saturated heterocycles. The van der Waals surface area contributed by atoms with Gasteiger partial charge in [0, 0.05) is 0 Å². The lowest BCUT2D eigenvalue weighted by atomic mass is 9.48. The van der Waals surface area contributed by atoms with E-state index in [1.165, 1.54) is 32.1 Å². The fourth-order valence-electron chi connectivity index (χ4n) is 5.66. The van der Waals surface area contributed by atoms with E-state index in [1.807, 2.05) is 0 Å². The van der Waals surface area contributed by atoms with Crippen molar-refractivity contribution in [2.24, 2.45) is 22.2 Å². The fraction of sp³-hybridized carbons (Fsp3) is 1.00. The summed E-state index contributed by atoms with van der Waals surface area (Å²) in [6.07, 6.45) is 7.67. The highest BCUT2D eigenvalue weighted by atomic mass is 16.3. The normalized spacial score (nSPS) is 58.7. The van der Waals surface area contributed by atoms with Crippen molar-refractivity contribution in [2.75, 3.05) is 0 Å². The molecule has 3 saturated carbocycles. The van der Waals surface area contributed by atoms with E-state index in [0.29, 0.717) is 22.2 Å². The molecule has 0 aromatic rings. The smallest absolute Gasteiger partial charge is 0.0653 e. The first-order chi connectivity index (χ1) is 7.25. The number of aliphatic hydroxyl groups is 1. The summed E-state index contributed by atoms with van der Waals surface area (Å²) in [5.74, 6) is 0.578. The van der Waals surface area contributed by atoms with Gasteiger partial charge in [0.1, 0.15) is 0 Å². The molecular formula is C15H26O. The van der Waals surface area contributed by atoms with Gasteiger partial charge in [-0.3, -0.25) is 0 Å². The van der Waals surface area contributed by atoms with E-state index < -0.39 is 0 Å². The molecule has 16 heavy (non-hydrogen) atoms. The van der Waals surface area contributed by atoms with Crippen LogP contribution in [0, 0.1) is 22.2 Å². The quantitative estimate of drug-likeness (QED) is 0.662. The van der Waals surface area contributed by atoms with Gasteiger partial charge in [-0.15, -0.1) is 0 Å². The number of hydrogen-bond acceptors (Lipinski definition) is 1. The molecule has 0 aromatic carbocycles. The molecule has 3 unspecified atom stereocenters. The predicted octanol–water partition coefficient (Wildman–Crippen LogP) is 3.75. The zero-order valence-corrected chi connectivity index (χ0v) is 11.3. The van der Waals surface area contributed by atoms with Gasteiger partial charge in [-0.05, 0) is 61.2 Å². The molecular weight excluding hydrogens is 196 g/mol. The van der Waals surface area contributed by atoms with Crippen LogP contribution in [0.4, 0.5) is 0 Å². The summed E-state index contributed by atoms with van der Waals surface area (Å²) in [5, 5.41) is 10.6. The van der Waals surface area contributed by atoms with E-state index in [-0.39, 0.29) is 5.60 Å². The monoisotopic (exact) mass is 222 g/mol. The van der Waals surface area contributed by atoms with E-state index in [1.54, 1.807) is 0 Å². The Hall–Kier alpha value is -0.0400. The van der Waals surface area contributed by atoms with Crippen LogP contribution in [0.5, 0.6) is 0 Å². The van der Waals surface area contributed by atoms with E-state index in [4.69, 9.17) is 0 Å². The third-order valence-electron chi connectivity index (χ3n) is 6.71. The van der Waals surface area contributed by atoms with Gasteiger partial charge in [-0.1, -0.05) is 27.2 Å². The molecule has 1 heteroatoms. The van der Waals surface area contributed by atoms with Crippen molar-refractivity contribution in [3.8, 4) is 0 Å². The van der Waals surface area contributed by atoms with Crippen molar-refractivity contribution < 1.29 is 5.11 Å². The van der Waals surface area contributed by atoms with E-state index in [2.05, 4.69) is 27.7 Å². The molecule has 3 fully saturated rings. The summed E-state index contributed by atoms with van der Waals surface area (Å²) in [7, 11) is 0. The minimum absolute atomic E-state index is 0.381. The van der Waals surface area contributed by atoms with Gasteiger partial charge in [-0.2, -0.15) is 0 Å². The molecule has 3 aliphatic carbocycles. The molecule has 4 atom stereocenters. The Bertz CT molecular complexity index is 330. The molecule has 0 amide bonds. The Balaban J connectivity index is 2.05. The van der Waals surface area contributed by atoms with Gasteiger partial charge in [0.05, 0.1) is 5.60 Å². The van der Waals surface area contributed by atoms with Crippen molar-refractivity contribution in [3.05, 3.63) is 0 Å². The van der Waals surface area contributed by atoms with Crippen LogP contribution >= 0.6 is 0 Å². The zero-order valence-electron chi connectivity index (χ0n) is 11.3. The molecule has 92 valence electrons. The first kappa shape index (κ1) is 11.1. The second-order valence-electron chi connectivity index (χ2n) is 7.88. The second-order valence-corrected chi connectivity index (χ2v) is 7.88. The van der Waals surface area contributed by atoms with Gasteiger partial charge >= 0.3 is 0 Å². The van der Waals surface area contributed by atoms with Gasteiger partial charge in [0.25, 0.3) is 0 Å². The van der Waals surface area contributed by atoms with Crippen molar-refractivity contribution in [3.63, 3.8) is 0 Å². The minimum atomic E-state index is -0.381. The van der Waals surface area contributed by atoms with Gasteiger partial charge in [0.15, 0.2) is 0 Å². The maximum Gasteiger partial charge on any atom is 0.0653 e. The van der Waals surface area contributed by atoms with Crippen LogP contribution in [-0.4, -0.2) is 10.7 Å². The van der Waals surface area contributed by atoms with Crippen LogP contribution in [0.25, 0.3) is 0 Å². The van der Waals surface area contributed by atoms with Crippen LogP contribution in [0.15, 0.2) is 0 Å². The fourth-order valence-corrected chi connectivity index (χ4v) is 5.66. The van der Waals surface area contributed by atoms with Crippen molar-refractivity contribution in [1.29, 1.82) is 0 Å². The lowest BCUT2D eigenvalue weighted by molar-refractivity contribution is -0.122. The molecule has 3 aliphatic rings. The van der Waals surface area contributed by atoms with Crippen LogP contribution in [-0.2, 0) is 0 Å². The third-order valence-corrected chi connectivity index (χ3v) is 6.71. The summed E-state index contributed by atoms with van der Waals surface area (Å²) < 4.78 is 0. The van der Waals surface area contributed by atoms with Crippen LogP contribution in [0.1, 0.15) is 66.2 Å².